The van der Waals surface area contributed by atoms with Gasteiger partial charge in [0.15, 0.2) is 0 Å². The summed E-state index contributed by atoms with van der Waals surface area (Å²) in [5.74, 6) is -0.245. The van der Waals surface area contributed by atoms with Crippen molar-refractivity contribution in [1.29, 1.82) is 0 Å². The van der Waals surface area contributed by atoms with Gasteiger partial charge in [-0.15, -0.1) is 0 Å². The normalized spacial score (nSPS) is 51.9. The van der Waals surface area contributed by atoms with Crippen molar-refractivity contribution in [3.05, 3.63) is 11.6 Å². The largest absolute Gasteiger partial charge is 0.466 e. The molecule has 4 aliphatic carbocycles. The van der Waals surface area contributed by atoms with E-state index in [2.05, 4.69) is 19.9 Å². The smallest absolute Gasteiger partial charge is 0.313 e. The van der Waals surface area contributed by atoms with Crippen LogP contribution in [0.3, 0.4) is 0 Å². The molecule has 2 aliphatic heterocycles. The summed E-state index contributed by atoms with van der Waals surface area (Å²) in [6.45, 7) is 6.69. The van der Waals surface area contributed by atoms with Crippen molar-refractivity contribution in [2.24, 2.45) is 28.6 Å². The van der Waals surface area contributed by atoms with E-state index in [1.807, 2.05) is 6.92 Å². The van der Waals surface area contributed by atoms with Crippen molar-refractivity contribution < 1.29 is 28.6 Å². The first kappa shape index (κ1) is 20.0. The molecule has 6 nitrogen and oxygen atoms in total. The fourth-order valence-corrected chi connectivity index (χ4v) is 8.70. The molecule has 6 rings (SSSR count). The van der Waals surface area contributed by atoms with Gasteiger partial charge in [-0.1, -0.05) is 25.5 Å². The first-order chi connectivity index (χ1) is 14.7. The van der Waals surface area contributed by atoms with Crippen molar-refractivity contribution in [1.82, 2.24) is 0 Å². The number of rotatable bonds is 2. The lowest BCUT2D eigenvalue weighted by Gasteiger charge is -2.57. The standard InChI is InChI=1S/C25H32O6/c1-4-29-21(28)16-12-14-11-15(26)5-8-22(14,2)25-18(30-25)13-23(3)17(20(16)25)6-9-24(23)10-7-19(27)31-24/h12,16-18,20H,4-11,13H2,1-3H3/t16-,17?,18-,20+,22+,23?,24-,25-/m1/s1. The van der Waals surface area contributed by atoms with Gasteiger partial charge in [0.25, 0.3) is 0 Å². The molecule has 3 saturated carbocycles. The van der Waals surface area contributed by atoms with Crippen LogP contribution in [-0.2, 0) is 28.6 Å². The summed E-state index contributed by atoms with van der Waals surface area (Å²) >= 11 is 0. The van der Waals surface area contributed by atoms with E-state index >= 15 is 0 Å². The number of carbonyl (C=O) groups is 3. The van der Waals surface area contributed by atoms with Crippen molar-refractivity contribution in [3.63, 3.8) is 0 Å². The van der Waals surface area contributed by atoms with Gasteiger partial charge < -0.3 is 14.2 Å². The van der Waals surface area contributed by atoms with Crippen LogP contribution in [0.15, 0.2) is 11.6 Å². The molecule has 0 aromatic rings. The lowest BCUT2D eigenvalue weighted by Crippen LogP contribution is -2.62. The van der Waals surface area contributed by atoms with Crippen LogP contribution in [0.25, 0.3) is 0 Å². The summed E-state index contributed by atoms with van der Waals surface area (Å²) in [7, 11) is 0. The summed E-state index contributed by atoms with van der Waals surface area (Å²) in [6.07, 6.45) is 7.77. The monoisotopic (exact) mass is 428 g/mol. The molecule has 0 amide bonds. The van der Waals surface area contributed by atoms with E-state index < -0.39 is 17.1 Å². The molecule has 0 N–H and O–H groups in total. The first-order valence-electron chi connectivity index (χ1n) is 12.0. The van der Waals surface area contributed by atoms with Crippen LogP contribution in [0, 0.1) is 28.6 Å². The number of ketones is 1. The van der Waals surface area contributed by atoms with Crippen molar-refractivity contribution in [2.75, 3.05) is 6.61 Å². The summed E-state index contributed by atoms with van der Waals surface area (Å²) in [5.41, 5.74) is -0.189. The molecule has 168 valence electrons. The molecule has 2 saturated heterocycles. The highest BCUT2D eigenvalue weighted by molar-refractivity contribution is 5.84. The van der Waals surface area contributed by atoms with Gasteiger partial charge in [-0.3, -0.25) is 14.4 Å². The van der Waals surface area contributed by atoms with Crippen LogP contribution in [0.2, 0.25) is 0 Å². The third-order valence-corrected chi connectivity index (χ3v) is 10.2. The van der Waals surface area contributed by atoms with E-state index in [0.29, 0.717) is 25.9 Å². The minimum Gasteiger partial charge on any atom is -0.466 e. The molecule has 2 unspecified atom stereocenters. The van der Waals surface area contributed by atoms with E-state index in [1.54, 1.807) is 0 Å². The van der Waals surface area contributed by atoms with Crippen molar-refractivity contribution in [2.45, 2.75) is 89.4 Å². The number of fused-ring (bicyclic) bond motifs is 4. The van der Waals surface area contributed by atoms with Gasteiger partial charge in [-0.05, 0) is 44.9 Å². The lowest BCUT2D eigenvalue weighted by molar-refractivity contribution is -0.169. The number of carbonyl (C=O) groups excluding carboxylic acids is 3. The predicted molar refractivity (Wildman–Crippen MR) is 110 cm³/mol. The highest BCUT2D eigenvalue weighted by Crippen LogP contribution is 2.77. The maximum atomic E-state index is 13.2. The van der Waals surface area contributed by atoms with E-state index in [4.69, 9.17) is 14.2 Å². The Morgan fingerprint density at radius 2 is 2.00 bits per heavy atom. The highest BCUT2D eigenvalue weighted by Gasteiger charge is 2.83. The fraction of sp³-hybridized carbons (Fsp3) is 0.800. The molecule has 0 radical (unpaired) electrons. The molecular formula is C25H32O6. The molecule has 0 bridgehead atoms. The first-order valence-corrected chi connectivity index (χ1v) is 12.0. The topological polar surface area (TPSA) is 82.2 Å². The molecule has 6 heteroatoms. The Hall–Kier alpha value is -1.69. The molecule has 5 fully saturated rings. The number of hydrogen-bond donors (Lipinski definition) is 0. The lowest BCUT2D eigenvalue weighted by atomic mass is 9.44. The molecular weight excluding hydrogens is 396 g/mol. The zero-order valence-electron chi connectivity index (χ0n) is 18.7. The van der Waals surface area contributed by atoms with Crippen molar-refractivity contribution >= 4 is 17.7 Å². The highest BCUT2D eigenvalue weighted by atomic mass is 16.6. The average molecular weight is 429 g/mol. The summed E-state index contributed by atoms with van der Waals surface area (Å²) in [4.78, 5) is 37.7. The Balaban J connectivity index is 1.49. The van der Waals surface area contributed by atoms with Crippen LogP contribution in [-0.4, -0.2) is 41.6 Å². The zero-order chi connectivity index (χ0) is 21.8. The number of epoxide rings is 1. The van der Waals surface area contributed by atoms with Crippen LogP contribution < -0.4 is 0 Å². The van der Waals surface area contributed by atoms with Crippen LogP contribution in [0.1, 0.15) is 72.1 Å². The second-order valence-electron chi connectivity index (χ2n) is 11.2. The average Bonchev–Trinajstić information content (AvgIpc) is 3.20. The van der Waals surface area contributed by atoms with Gasteiger partial charge in [0.05, 0.1) is 18.6 Å². The van der Waals surface area contributed by atoms with Gasteiger partial charge in [0.2, 0.25) is 0 Å². The number of esters is 2. The molecule has 2 heterocycles. The van der Waals surface area contributed by atoms with Gasteiger partial charge in [-0.2, -0.15) is 0 Å². The third-order valence-electron chi connectivity index (χ3n) is 10.2. The van der Waals surface area contributed by atoms with Gasteiger partial charge in [-0.25, -0.2) is 0 Å². The van der Waals surface area contributed by atoms with Crippen LogP contribution >= 0.6 is 0 Å². The number of Topliss-reactive ketones (excluding diaryl/α,β-unsaturated/α-hetero) is 1. The summed E-state index contributed by atoms with van der Waals surface area (Å²) in [5, 5.41) is 0. The minimum absolute atomic E-state index is 0.00377. The van der Waals surface area contributed by atoms with Gasteiger partial charge in [0, 0.05) is 36.0 Å². The Morgan fingerprint density at radius 3 is 2.71 bits per heavy atom. The minimum atomic E-state index is -0.431. The molecule has 2 spiro atoms. The molecule has 0 aromatic heterocycles. The van der Waals surface area contributed by atoms with Gasteiger partial charge in [0.1, 0.15) is 17.0 Å². The second-order valence-corrected chi connectivity index (χ2v) is 11.2. The molecule has 0 aromatic carbocycles. The maximum absolute atomic E-state index is 13.2. The molecule has 8 atom stereocenters. The van der Waals surface area contributed by atoms with Crippen LogP contribution in [0.5, 0.6) is 0 Å². The van der Waals surface area contributed by atoms with E-state index in [-0.39, 0.29) is 46.5 Å². The Kier molecular flexibility index (Phi) is 3.86. The third kappa shape index (κ3) is 2.20. The van der Waals surface area contributed by atoms with E-state index in [1.165, 1.54) is 0 Å². The van der Waals surface area contributed by atoms with Gasteiger partial charge >= 0.3 is 11.9 Å². The van der Waals surface area contributed by atoms with E-state index in [0.717, 1.165) is 37.7 Å². The van der Waals surface area contributed by atoms with Crippen molar-refractivity contribution in [3.8, 4) is 0 Å². The van der Waals surface area contributed by atoms with E-state index in [9.17, 15) is 14.4 Å². The zero-order valence-corrected chi connectivity index (χ0v) is 18.7. The maximum Gasteiger partial charge on any atom is 0.313 e. The Bertz CT molecular complexity index is 923. The number of hydrogen-bond acceptors (Lipinski definition) is 6. The molecule has 31 heavy (non-hydrogen) atoms. The predicted octanol–water partition coefficient (Wildman–Crippen LogP) is 3.51. The summed E-state index contributed by atoms with van der Waals surface area (Å²) < 4.78 is 18.3. The quantitative estimate of drug-likeness (QED) is 0.380. The summed E-state index contributed by atoms with van der Waals surface area (Å²) in [6, 6.07) is 0. The molecule has 6 aliphatic rings. The van der Waals surface area contributed by atoms with Crippen LogP contribution in [0.4, 0.5) is 0 Å². The fourth-order valence-electron chi connectivity index (χ4n) is 8.70. The Labute approximate surface area is 183 Å². The Morgan fingerprint density at radius 1 is 1.19 bits per heavy atom. The second kappa shape index (κ2) is 6.00. The SMILES string of the molecule is CCOC(=O)[C@@H]1C=C2CC(=O)CC[C@]2(C)[C@@]23O[C@@H]2CC2(C)C(CC[C@@]24CCC(=O)O4)[C@H]13. The number of ether oxygens (including phenoxy) is 3.